The lowest BCUT2D eigenvalue weighted by atomic mass is 9.81. The summed E-state index contributed by atoms with van der Waals surface area (Å²) in [6.07, 6.45) is 5.87. The monoisotopic (exact) mass is 185 g/mol. The minimum atomic E-state index is -0.238. The zero-order valence-electron chi connectivity index (χ0n) is 8.13. The normalized spacial score (nSPS) is 32.5. The lowest BCUT2D eigenvalue weighted by Gasteiger charge is -2.39. The van der Waals surface area contributed by atoms with Crippen LogP contribution in [-0.2, 0) is 9.47 Å². The van der Waals surface area contributed by atoms with Crippen molar-refractivity contribution >= 4 is 0 Å². The minimum Gasteiger partial charge on any atom is -0.347 e. The molecule has 1 aliphatic heterocycles. The van der Waals surface area contributed by atoms with Gasteiger partial charge in [-0.3, -0.25) is 0 Å². The van der Waals surface area contributed by atoms with Crippen LogP contribution in [0.15, 0.2) is 0 Å². The van der Waals surface area contributed by atoms with Crippen molar-refractivity contribution < 1.29 is 9.47 Å². The van der Waals surface area contributed by atoms with Gasteiger partial charge in [-0.25, -0.2) is 0 Å². The minimum absolute atomic E-state index is 0.238. The molecule has 0 aromatic rings. The molecule has 0 amide bonds. The molecule has 0 aromatic heterocycles. The van der Waals surface area contributed by atoms with Gasteiger partial charge in [0.15, 0.2) is 5.79 Å². The Morgan fingerprint density at radius 2 is 2.00 bits per heavy atom. The molecule has 76 valence electrons. The first-order valence-corrected chi connectivity index (χ1v) is 5.35. The van der Waals surface area contributed by atoms with Crippen molar-refractivity contribution in [3.63, 3.8) is 0 Å². The van der Waals surface area contributed by atoms with E-state index in [1.165, 1.54) is 19.3 Å². The van der Waals surface area contributed by atoms with E-state index in [4.69, 9.17) is 15.2 Å². The van der Waals surface area contributed by atoms with Crippen LogP contribution < -0.4 is 5.73 Å². The molecule has 2 rings (SSSR count). The number of rotatable bonds is 2. The van der Waals surface area contributed by atoms with Gasteiger partial charge in [-0.15, -0.1) is 0 Å². The van der Waals surface area contributed by atoms with Crippen LogP contribution in [0.2, 0.25) is 0 Å². The standard InChI is InChI=1S/C10H19NO2/c11-6-4-9-3-1-2-5-10(9)12-7-8-13-10/h9H,1-8,11H2. The van der Waals surface area contributed by atoms with E-state index in [1.54, 1.807) is 0 Å². The highest BCUT2D eigenvalue weighted by molar-refractivity contribution is 4.86. The summed E-state index contributed by atoms with van der Waals surface area (Å²) in [6, 6.07) is 0. The average Bonchev–Trinajstić information content (AvgIpc) is 2.59. The topological polar surface area (TPSA) is 44.5 Å². The average molecular weight is 185 g/mol. The summed E-state index contributed by atoms with van der Waals surface area (Å²) in [5, 5.41) is 0. The molecule has 1 spiro atoms. The Kier molecular flexibility index (Phi) is 2.86. The predicted molar refractivity (Wildman–Crippen MR) is 50.3 cm³/mol. The van der Waals surface area contributed by atoms with Crippen LogP contribution in [-0.4, -0.2) is 25.5 Å². The summed E-state index contributed by atoms with van der Waals surface area (Å²) < 4.78 is 11.5. The zero-order valence-corrected chi connectivity index (χ0v) is 8.13. The SMILES string of the molecule is NCCC1CCCCC12OCCO2. The molecule has 1 saturated heterocycles. The van der Waals surface area contributed by atoms with E-state index in [9.17, 15) is 0 Å². The van der Waals surface area contributed by atoms with Crippen LogP contribution in [0.3, 0.4) is 0 Å². The van der Waals surface area contributed by atoms with Crippen molar-refractivity contribution in [3.8, 4) is 0 Å². The van der Waals surface area contributed by atoms with Crippen LogP contribution in [0.25, 0.3) is 0 Å². The fourth-order valence-electron chi connectivity index (χ4n) is 2.60. The molecule has 1 aliphatic carbocycles. The van der Waals surface area contributed by atoms with Gasteiger partial charge in [-0.2, -0.15) is 0 Å². The number of nitrogens with two attached hydrogens (primary N) is 1. The maximum absolute atomic E-state index is 5.77. The van der Waals surface area contributed by atoms with E-state index < -0.39 is 0 Å². The molecule has 2 aliphatic rings. The van der Waals surface area contributed by atoms with Gasteiger partial charge in [0, 0.05) is 12.3 Å². The van der Waals surface area contributed by atoms with Crippen LogP contribution in [0.5, 0.6) is 0 Å². The Labute approximate surface area is 79.6 Å². The van der Waals surface area contributed by atoms with Gasteiger partial charge < -0.3 is 15.2 Å². The fraction of sp³-hybridized carbons (Fsp3) is 1.00. The van der Waals surface area contributed by atoms with E-state index in [1.807, 2.05) is 0 Å². The molecule has 3 nitrogen and oxygen atoms in total. The zero-order chi connectivity index (χ0) is 9.15. The quantitative estimate of drug-likeness (QED) is 0.704. The molecule has 1 atom stereocenters. The molecule has 3 heteroatoms. The third-order valence-corrected chi connectivity index (χ3v) is 3.24. The molecule has 0 aromatic carbocycles. The number of ether oxygens (including phenoxy) is 2. The third kappa shape index (κ3) is 1.73. The molecule has 2 N–H and O–H groups in total. The van der Waals surface area contributed by atoms with Crippen LogP contribution in [0, 0.1) is 5.92 Å². The number of hydrogen-bond acceptors (Lipinski definition) is 3. The summed E-state index contributed by atoms with van der Waals surface area (Å²) in [5.74, 6) is 0.297. The second-order valence-corrected chi connectivity index (χ2v) is 4.03. The highest BCUT2D eigenvalue weighted by Gasteiger charge is 2.44. The summed E-state index contributed by atoms with van der Waals surface area (Å²) in [5.41, 5.74) is 5.60. The second kappa shape index (κ2) is 3.95. The van der Waals surface area contributed by atoms with Crippen LogP contribution in [0.4, 0.5) is 0 Å². The Hall–Kier alpha value is -0.120. The molecule has 1 unspecified atom stereocenters. The van der Waals surface area contributed by atoms with E-state index in [0.717, 1.165) is 32.6 Å². The van der Waals surface area contributed by atoms with Gasteiger partial charge >= 0.3 is 0 Å². The van der Waals surface area contributed by atoms with Gasteiger partial charge in [0.25, 0.3) is 0 Å². The predicted octanol–water partition coefficient (Wildman–Crippen LogP) is 1.27. The molecule has 0 bridgehead atoms. The Balaban J connectivity index is 2.03. The van der Waals surface area contributed by atoms with Crippen LogP contribution in [0.1, 0.15) is 32.1 Å². The largest absolute Gasteiger partial charge is 0.347 e. The van der Waals surface area contributed by atoms with Gasteiger partial charge in [-0.05, 0) is 25.8 Å². The first kappa shape index (κ1) is 9.44. The highest BCUT2D eigenvalue weighted by Crippen LogP contribution is 2.41. The van der Waals surface area contributed by atoms with Crippen LogP contribution >= 0.6 is 0 Å². The molecule has 1 heterocycles. The first-order valence-electron chi connectivity index (χ1n) is 5.35. The molecule has 0 radical (unpaired) electrons. The van der Waals surface area contributed by atoms with Gasteiger partial charge in [0.05, 0.1) is 13.2 Å². The summed E-state index contributed by atoms with van der Waals surface area (Å²) >= 11 is 0. The Morgan fingerprint density at radius 1 is 1.23 bits per heavy atom. The summed E-state index contributed by atoms with van der Waals surface area (Å²) in [7, 11) is 0. The maximum Gasteiger partial charge on any atom is 0.171 e. The molecule has 13 heavy (non-hydrogen) atoms. The fourth-order valence-corrected chi connectivity index (χ4v) is 2.60. The van der Waals surface area contributed by atoms with E-state index in [2.05, 4.69) is 0 Å². The van der Waals surface area contributed by atoms with Crippen molar-refractivity contribution in [2.75, 3.05) is 19.8 Å². The van der Waals surface area contributed by atoms with Crippen molar-refractivity contribution in [3.05, 3.63) is 0 Å². The molecular weight excluding hydrogens is 166 g/mol. The van der Waals surface area contributed by atoms with E-state index in [0.29, 0.717) is 5.92 Å². The van der Waals surface area contributed by atoms with Crippen molar-refractivity contribution in [1.29, 1.82) is 0 Å². The van der Waals surface area contributed by atoms with Crippen molar-refractivity contribution in [1.82, 2.24) is 0 Å². The Bertz CT molecular complexity index is 164. The highest BCUT2D eigenvalue weighted by atomic mass is 16.7. The van der Waals surface area contributed by atoms with Crippen molar-refractivity contribution in [2.45, 2.75) is 37.9 Å². The van der Waals surface area contributed by atoms with Crippen molar-refractivity contribution in [2.24, 2.45) is 11.7 Å². The third-order valence-electron chi connectivity index (χ3n) is 3.24. The smallest absolute Gasteiger partial charge is 0.171 e. The maximum atomic E-state index is 5.77. The van der Waals surface area contributed by atoms with E-state index >= 15 is 0 Å². The van der Waals surface area contributed by atoms with Gasteiger partial charge in [-0.1, -0.05) is 6.42 Å². The lowest BCUT2D eigenvalue weighted by molar-refractivity contribution is -0.213. The summed E-state index contributed by atoms with van der Waals surface area (Å²) in [4.78, 5) is 0. The molecule has 2 fully saturated rings. The Morgan fingerprint density at radius 3 is 2.69 bits per heavy atom. The molecular formula is C10H19NO2. The first-order chi connectivity index (χ1) is 6.37. The molecule has 1 saturated carbocycles. The number of hydrogen-bond donors (Lipinski definition) is 1. The van der Waals surface area contributed by atoms with Gasteiger partial charge in [0.1, 0.15) is 0 Å². The lowest BCUT2D eigenvalue weighted by Crippen LogP contribution is -2.42. The second-order valence-electron chi connectivity index (χ2n) is 4.03. The van der Waals surface area contributed by atoms with Gasteiger partial charge in [0.2, 0.25) is 0 Å². The van der Waals surface area contributed by atoms with E-state index in [-0.39, 0.29) is 5.79 Å². The summed E-state index contributed by atoms with van der Waals surface area (Å²) in [6.45, 7) is 2.28.